The Kier molecular flexibility index (Phi) is 8.90. The highest BCUT2D eigenvalue weighted by atomic mass is 32.2. The minimum absolute atomic E-state index is 0.0971. The fourth-order valence-corrected chi connectivity index (χ4v) is 4.99. The maximum absolute atomic E-state index is 13.6. The summed E-state index contributed by atoms with van der Waals surface area (Å²) in [4.78, 5) is 26.4. The van der Waals surface area contributed by atoms with Crippen molar-refractivity contribution >= 4 is 33.2 Å². The molecule has 0 aliphatic rings. The predicted molar refractivity (Wildman–Crippen MR) is 167 cm³/mol. The van der Waals surface area contributed by atoms with Crippen LogP contribution < -0.4 is 20.1 Å². The summed E-state index contributed by atoms with van der Waals surface area (Å²) in [5.74, 6) is -0.767. The lowest BCUT2D eigenvalue weighted by atomic mass is 9.85. The van der Waals surface area contributed by atoms with E-state index in [0.717, 1.165) is 22.9 Å². The number of anilines is 2. The largest absolute Gasteiger partial charge is 0.494 e. The second-order valence-corrected chi connectivity index (χ2v) is 13.1. The molecule has 0 saturated heterocycles. The lowest BCUT2D eigenvalue weighted by molar-refractivity contribution is 0.0934. The third kappa shape index (κ3) is 7.58. The number of methoxy groups -OCH3 is 1. The number of aromatic nitrogens is 3. The number of ether oxygens (including phenoxy) is 1. The van der Waals surface area contributed by atoms with E-state index in [4.69, 9.17) is 4.74 Å². The van der Waals surface area contributed by atoms with Gasteiger partial charge in [-0.1, -0.05) is 62.4 Å². The van der Waals surface area contributed by atoms with Gasteiger partial charge in [-0.15, -0.1) is 5.10 Å². The van der Waals surface area contributed by atoms with Gasteiger partial charge in [0.15, 0.2) is 11.4 Å². The Hall–Kier alpha value is -4.71. The molecule has 1 aromatic heterocycles. The fraction of sp³-hybridized carbons (Fsp3) is 0.290. The smallest absolute Gasteiger partial charge is 0.273 e. The van der Waals surface area contributed by atoms with Crippen molar-refractivity contribution in [2.45, 2.75) is 46.1 Å². The maximum Gasteiger partial charge on any atom is 0.273 e. The molecule has 0 bridgehead atoms. The molecular formula is C31H36N6O5S. The molecule has 0 radical (unpaired) electrons. The lowest BCUT2D eigenvalue weighted by Gasteiger charge is -2.23. The first-order chi connectivity index (χ1) is 20.2. The number of carbonyl (C=O) groups is 2. The highest BCUT2D eigenvalue weighted by Crippen LogP contribution is 2.36. The van der Waals surface area contributed by atoms with Crippen LogP contribution in [0.1, 0.15) is 71.3 Å². The fourth-order valence-electron chi connectivity index (χ4n) is 4.44. The van der Waals surface area contributed by atoms with Crippen molar-refractivity contribution in [2.24, 2.45) is 0 Å². The van der Waals surface area contributed by atoms with E-state index in [1.807, 2.05) is 71.0 Å². The molecule has 4 aromatic rings. The minimum Gasteiger partial charge on any atom is -0.494 e. The normalized spacial score (nSPS) is 12.3. The van der Waals surface area contributed by atoms with E-state index in [2.05, 4.69) is 25.7 Å². The van der Waals surface area contributed by atoms with Crippen molar-refractivity contribution in [3.63, 3.8) is 0 Å². The van der Waals surface area contributed by atoms with Crippen LogP contribution in [0.3, 0.4) is 0 Å². The Morgan fingerprint density at radius 3 is 2.33 bits per heavy atom. The summed E-state index contributed by atoms with van der Waals surface area (Å²) in [5, 5.41) is 14.0. The number of carbonyl (C=O) groups excluding carboxylic acids is 2. The summed E-state index contributed by atoms with van der Waals surface area (Å²) in [6.45, 7) is 9.64. The molecule has 0 unspecified atom stereocenters. The summed E-state index contributed by atoms with van der Waals surface area (Å²) in [7, 11) is -2.27. The number of hydrogen-bond acceptors (Lipinski definition) is 7. The highest BCUT2D eigenvalue weighted by molar-refractivity contribution is 7.92. The summed E-state index contributed by atoms with van der Waals surface area (Å²) in [6, 6.07) is 18.0. The Labute approximate surface area is 251 Å². The minimum atomic E-state index is -3.65. The van der Waals surface area contributed by atoms with Crippen molar-refractivity contribution in [1.82, 2.24) is 20.3 Å². The van der Waals surface area contributed by atoms with E-state index in [1.165, 1.54) is 18.0 Å². The molecule has 43 heavy (non-hydrogen) atoms. The number of aryl methyl sites for hydroxylation is 1. The molecule has 226 valence electrons. The topological polar surface area (TPSA) is 144 Å². The van der Waals surface area contributed by atoms with Gasteiger partial charge in [-0.25, -0.2) is 13.1 Å². The molecular weight excluding hydrogens is 568 g/mol. The third-order valence-electron chi connectivity index (χ3n) is 6.79. The number of amides is 2. The van der Waals surface area contributed by atoms with Crippen molar-refractivity contribution < 1.29 is 22.7 Å². The van der Waals surface area contributed by atoms with Crippen LogP contribution in [0.25, 0.3) is 5.69 Å². The Morgan fingerprint density at radius 2 is 1.70 bits per heavy atom. The summed E-state index contributed by atoms with van der Waals surface area (Å²) >= 11 is 0. The van der Waals surface area contributed by atoms with Crippen LogP contribution in [0.5, 0.6) is 5.75 Å². The molecule has 12 heteroatoms. The van der Waals surface area contributed by atoms with Gasteiger partial charge >= 0.3 is 0 Å². The number of nitrogens with one attached hydrogen (secondary N) is 3. The Balaban J connectivity index is 1.61. The molecule has 11 nitrogen and oxygen atoms in total. The average Bonchev–Trinajstić information content (AvgIpc) is 3.43. The standard InChI is InChI=1S/C31H36N6O5S/c1-19-13-14-23(17-27(19)37-18-26(34-36-37)30(39)32-20(2)21-11-9-8-10-12-21)33-29(38)24-15-22(31(3,4)5)16-25(28(24)42-6)35-43(7,40)41/h8-18,20,35H,1-7H3,(H,32,39)(H,33,38)/t20-/m1/s1. The van der Waals surface area contributed by atoms with Crippen LogP contribution in [0.15, 0.2) is 66.9 Å². The van der Waals surface area contributed by atoms with Crippen LogP contribution >= 0.6 is 0 Å². The molecule has 0 fully saturated rings. The number of benzene rings is 3. The zero-order valence-corrected chi connectivity index (χ0v) is 26.0. The number of nitrogens with zero attached hydrogens (tertiary/aromatic N) is 3. The van der Waals surface area contributed by atoms with Gasteiger partial charge in [-0.3, -0.25) is 14.3 Å². The molecule has 3 N–H and O–H groups in total. The summed E-state index contributed by atoms with van der Waals surface area (Å²) in [6.07, 6.45) is 2.56. The molecule has 2 amide bonds. The van der Waals surface area contributed by atoms with Gasteiger partial charge in [-0.05, 0) is 60.2 Å². The van der Waals surface area contributed by atoms with Gasteiger partial charge in [0.2, 0.25) is 10.0 Å². The van der Waals surface area contributed by atoms with Gasteiger partial charge < -0.3 is 15.4 Å². The first kappa shape index (κ1) is 31.2. The Bertz CT molecular complexity index is 1760. The number of hydrogen-bond donors (Lipinski definition) is 3. The third-order valence-corrected chi connectivity index (χ3v) is 7.38. The molecule has 4 rings (SSSR count). The SMILES string of the molecule is COc1c(NS(C)(=O)=O)cc(C(C)(C)C)cc1C(=O)Nc1ccc(C)c(-n2cc(C(=O)N[C@H](C)c3ccccc3)nn2)c1. The van der Waals surface area contributed by atoms with Crippen LogP contribution in [-0.2, 0) is 15.4 Å². The zero-order valence-electron chi connectivity index (χ0n) is 25.2. The van der Waals surface area contributed by atoms with Gasteiger partial charge in [0, 0.05) is 5.69 Å². The van der Waals surface area contributed by atoms with Crippen molar-refractivity contribution in [2.75, 3.05) is 23.4 Å². The summed E-state index contributed by atoms with van der Waals surface area (Å²) < 4.78 is 33.6. The molecule has 1 atom stereocenters. The molecule has 0 saturated carbocycles. The highest BCUT2D eigenvalue weighted by Gasteiger charge is 2.25. The first-order valence-corrected chi connectivity index (χ1v) is 15.5. The predicted octanol–water partition coefficient (Wildman–Crippen LogP) is 5.00. The van der Waals surface area contributed by atoms with E-state index in [0.29, 0.717) is 11.4 Å². The number of sulfonamides is 1. The molecule has 3 aromatic carbocycles. The molecule has 0 aliphatic carbocycles. The van der Waals surface area contributed by atoms with Crippen LogP contribution in [0.2, 0.25) is 0 Å². The van der Waals surface area contributed by atoms with Crippen molar-refractivity contribution in [1.29, 1.82) is 0 Å². The van der Waals surface area contributed by atoms with E-state index >= 15 is 0 Å². The van der Waals surface area contributed by atoms with E-state index < -0.39 is 15.9 Å². The second kappa shape index (κ2) is 12.3. The van der Waals surface area contributed by atoms with E-state index in [1.54, 1.807) is 24.3 Å². The Morgan fingerprint density at radius 1 is 1.00 bits per heavy atom. The average molecular weight is 605 g/mol. The van der Waals surface area contributed by atoms with Crippen molar-refractivity contribution in [3.05, 3.63) is 94.8 Å². The second-order valence-electron chi connectivity index (χ2n) is 11.3. The van der Waals surface area contributed by atoms with E-state index in [9.17, 15) is 18.0 Å². The van der Waals surface area contributed by atoms with E-state index in [-0.39, 0.29) is 40.1 Å². The van der Waals surface area contributed by atoms with Crippen LogP contribution in [0, 0.1) is 6.92 Å². The first-order valence-electron chi connectivity index (χ1n) is 13.6. The molecule has 0 aliphatic heterocycles. The lowest BCUT2D eigenvalue weighted by Crippen LogP contribution is -2.26. The van der Waals surface area contributed by atoms with Gasteiger partial charge in [0.1, 0.15) is 0 Å². The van der Waals surface area contributed by atoms with Gasteiger partial charge in [0.25, 0.3) is 11.8 Å². The maximum atomic E-state index is 13.6. The van der Waals surface area contributed by atoms with Gasteiger partial charge in [0.05, 0.1) is 42.5 Å². The van der Waals surface area contributed by atoms with Crippen LogP contribution in [-0.4, -0.2) is 48.6 Å². The monoisotopic (exact) mass is 604 g/mol. The number of rotatable bonds is 9. The van der Waals surface area contributed by atoms with Crippen LogP contribution in [0.4, 0.5) is 11.4 Å². The molecule has 0 spiro atoms. The zero-order chi connectivity index (χ0) is 31.5. The summed E-state index contributed by atoms with van der Waals surface area (Å²) in [5.41, 5.74) is 3.68. The van der Waals surface area contributed by atoms with Crippen molar-refractivity contribution in [3.8, 4) is 11.4 Å². The van der Waals surface area contributed by atoms with Gasteiger partial charge in [-0.2, -0.15) is 0 Å². The molecule has 1 heterocycles. The quantitative estimate of drug-likeness (QED) is 0.244.